The van der Waals surface area contributed by atoms with Crippen molar-refractivity contribution in [3.63, 3.8) is 0 Å². The van der Waals surface area contributed by atoms with Crippen LogP contribution in [0.5, 0.6) is 0 Å². The summed E-state index contributed by atoms with van der Waals surface area (Å²) in [6.07, 6.45) is 18.2. The van der Waals surface area contributed by atoms with Gasteiger partial charge in [-0.1, -0.05) is 43.8 Å². The molecule has 2 nitrogen and oxygen atoms in total. The summed E-state index contributed by atoms with van der Waals surface area (Å²) in [5.41, 5.74) is 1.73. The molecule has 0 aromatic rings. The summed E-state index contributed by atoms with van der Waals surface area (Å²) in [7, 11) is 0. The minimum atomic E-state index is -1.29. The van der Waals surface area contributed by atoms with Gasteiger partial charge in [-0.25, -0.2) is 4.39 Å². The van der Waals surface area contributed by atoms with Crippen molar-refractivity contribution in [1.29, 1.82) is 0 Å². The first-order chi connectivity index (χ1) is 12.5. The number of alkyl halides is 1. The SMILES string of the molecule is CC(C)(F)COC1=CCC2=C(C=C1)CCN(CCC1CCCCC1)CC2. The molecule has 0 aromatic carbocycles. The van der Waals surface area contributed by atoms with Gasteiger partial charge < -0.3 is 9.64 Å². The van der Waals surface area contributed by atoms with E-state index in [9.17, 15) is 4.39 Å². The van der Waals surface area contributed by atoms with Crippen LogP contribution in [0.1, 0.15) is 71.6 Å². The third-order valence-electron chi connectivity index (χ3n) is 6.04. The molecule has 0 bridgehead atoms. The van der Waals surface area contributed by atoms with E-state index in [1.807, 2.05) is 6.08 Å². The van der Waals surface area contributed by atoms with Gasteiger partial charge in [0.1, 0.15) is 18.0 Å². The van der Waals surface area contributed by atoms with Crippen molar-refractivity contribution in [3.8, 4) is 0 Å². The molecule has 0 saturated heterocycles. The maximum Gasteiger partial charge on any atom is 0.139 e. The van der Waals surface area contributed by atoms with Crippen LogP contribution >= 0.6 is 0 Å². The molecule has 0 N–H and O–H groups in total. The van der Waals surface area contributed by atoms with Crippen LogP contribution in [0.2, 0.25) is 0 Å². The summed E-state index contributed by atoms with van der Waals surface area (Å²) >= 11 is 0. The molecule has 146 valence electrons. The quantitative estimate of drug-likeness (QED) is 0.579. The zero-order valence-electron chi connectivity index (χ0n) is 16.7. The number of ether oxygens (including phenoxy) is 1. The molecule has 2 aliphatic carbocycles. The van der Waals surface area contributed by atoms with E-state index in [4.69, 9.17) is 4.74 Å². The average molecular weight is 362 g/mol. The first-order valence-electron chi connectivity index (χ1n) is 10.6. The predicted molar refractivity (Wildman–Crippen MR) is 107 cm³/mol. The van der Waals surface area contributed by atoms with Gasteiger partial charge in [-0.3, -0.25) is 0 Å². The van der Waals surface area contributed by atoms with Gasteiger partial charge in [-0.15, -0.1) is 0 Å². The van der Waals surface area contributed by atoms with Crippen LogP contribution in [0, 0.1) is 5.92 Å². The molecule has 0 amide bonds. The van der Waals surface area contributed by atoms with Gasteiger partial charge in [-0.05, 0) is 69.7 Å². The molecule has 0 spiro atoms. The lowest BCUT2D eigenvalue weighted by molar-refractivity contribution is 0.0811. The number of hydrogen-bond acceptors (Lipinski definition) is 2. The van der Waals surface area contributed by atoms with Crippen molar-refractivity contribution in [1.82, 2.24) is 4.90 Å². The van der Waals surface area contributed by atoms with E-state index in [-0.39, 0.29) is 6.61 Å². The third-order valence-corrected chi connectivity index (χ3v) is 6.04. The Labute approximate surface area is 159 Å². The Kier molecular flexibility index (Phi) is 6.97. The monoisotopic (exact) mass is 361 g/mol. The fourth-order valence-corrected chi connectivity index (χ4v) is 4.36. The summed E-state index contributed by atoms with van der Waals surface area (Å²) in [5, 5.41) is 0. The Morgan fingerprint density at radius 2 is 1.88 bits per heavy atom. The highest BCUT2D eigenvalue weighted by atomic mass is 19.1. The van der Waals surface area contributed by atoms with Gasteiger partial charge in [-0.2, -0.15) is 0 Å². The summed E-state index contributed by atoms with van der Waals surface area (Å²) < 4.78 is 19.3. The number of halogens is 1. The molecule has 0 aromatic heterocycles. The second-order valence-electron chi connectivity index (χ2n) is 8.91. The second kappa shape index (κ2) is 9.21. The molecule has 0 unspecified atom stereocenters. The van der Waals surface area contributed by atoms with Gasteiger partial charge in [0.2, 0.25) is 0 Å². The van der Waals surface area contributed by atoms with E-state index in [1.165, 1.54) is 63.7 Å². The zero-order chi connectivity index (χ0) is 18.4. The lowest BCUT2D eigenvalue weighted by atomic mass is 9.87. The first kappa shape index (κ1) is 19.7. The van der Waals surface area contributed by atoms with Crippen LogP contribution in [0.25, 0.3) is 0 Å². The molecule has 26 heavy (non-hydrogen) atoms. The lowest BCUT2D eigenvalue weighted by Crippen LogP contribution is -2.28. The highest BCUT2D eigenvalue weighted by Gasteiger charge is 2.20. The maximum atomic E-state index is 13.7. The predicted octanol–water partition coefficient (Wildman–Crippen LogP) is 5.96. The van der Waals surface area contributed by atoms with Crippen LogP contribution in [0.15, 0.2) is 35.1 Å². The minimum absolute atomic E-state index is 0.114. The zero-order valence-corrected chi connectivity index (χ0v) is 16.7. The minimum Gasteiger partial charge on any atom is -0.491 e. The van der Waals surface area contributed by atoms with Crippen molar-refractivity contribution in [2.75, 3.05) is 26.2 Å². The van der Waals surface area contributed by atoms with E-state index in [0.717, 1.165) is 30.9 Å². The van der Waals surface area contributed by atoms with Crippen LogP contribution in [-0.2, 0) is 4.74 Å². The summed E-state index contributed by atoms with van der Waals surface area (Å²) in [5.74, 6) is 1.79. The molecule has 0 atom stereocenters. The van der Waals surface area contributed by atoms with E-state index >= 15 is 0 Å². The standard InChI is InChI=1S/C23H36FNO/c1-23(2,24)18-26-22-10-8-20-13-16-25(17-14-21(20)9-11-22)15-12-19-6-4-3-5-7-19/h8,10-11,19H,3-7,9,12-18H2,1-2H3. The van der Waals surface area contributed by atoms with E-state index in [1.54, 1.807) is 19.4 Å². The maximum absolute atomic E-state index is 13.7. The van der Waals surface area contributed by atoms with Crippen LogP contribution in [0.3, 0.4) is 0 Å². The van der Waals surface area contributed by atoms with Gasteiger partial charge in [0, 0.05) is 13.1 Å². The summed E-state index contributed by atoms with van der Waals surface area (Å²) in [4.78, 5) is 2.67. The van der Waals surface area contributed by atoms with Gasteiger partial charge in [0.25, 0.3) is 0 Å². The molecular formula is C23H36FNO. The topological polar surface area (TPSA) is 12.5 Å². The van der Waals surface area contributed by atoms with E-state index in [0.29, 0.717) is 0 Å². The Morgan fingerprint density at radius 3 is 2.65 bits per heavy atom. The Bertz CT molecular complexity index is 549. The van der Waals surface area contributed by atoms with Gasteiger partial charge >= 0.3 is 0 Å². The molecule has 3 rings (SSSR count). The molecule has 1 aliphatic heterocycles. The Hall–Kier alpha value is -1.09. The number of nitrogens with zero attached hydrogens (tertiary/aromatic N) is 1. The molecule has 1 fully saturated rings. The molecule has 0 radical (unpaired) electrons. The Balaban J connectivity index is 1.46. The summed E-state index contributed by atoms with van der Waals surface area (Å²) in [6, 6.07) is 0. The molecule has 3 heteroatoms. The van der Waals surface area contributed by atoms with E-state index < -0.39 is 5.67 Å². The van der Waals surface area contributed by atoms with Crippen LogP contribution in [-0.4, -0.2) is 36.8 Å². The van der Waals surface area contributed by atoms with Crippen molar-refractivity contribution >= 4 is 0 Å². The van der Waals surface area contributed by atoms with Gasteiger partial charge in [0.15, 0.2) is 0 Å². The van der Waals surface area contributed by atoms with Crippen molar-refractivity contribution < 1.29 is 9.13 Å². The van der Waals surface area contributed by atoms with Crippen molar-refractivity contribution in [2.24, 2.45) is 5.92 Å². The number of rotatable bonds is 6. The highest BCUT2D eigenvalue weighted by Crippen LogP contribution is 2.29. The fourth-order valence-electron chi connectivity index (χ4n) is 4.36. The van der Waals surface area contributed by atoms with Crippen LogP contribution < -0.4 is 0 Å². The first-order valence-corrected chi connectivity index (χ1v) is 10.6. The normalized spacial score (nSPS) is 23.3. The number of allylic oxidation sites excluding steroid dienone is 3. The fraction of sp³-hybridized carbons (Fsp3) is 0.739. The molecule has 1 saturated carbocycles. The summed E-state index contributed by atoms with van der Waals surface area (Å²) in [6.45, 7) is 6.85. The third kappa shape index (κ3) is 6.26. The smallest absolute Gasteiger partial charge is 0.139 e. The van der Waals surface area contributed by atoms with Crippen molar-refractivity contribution in [3.05, 3.63) is 35.1 Å². The number of hydrogen-bond donors (Lipinski definition) is 0. The molecular weight excluding hydrogens is 325 g/mol. The van der Waals surface area contributed by atoms with Crippen molar-refractivity contribution in [2.45, 2.75) is 77.3 Å². The lowest BCUT2D eigenvalue weighted by Gasteiger charge is -2.26. The molecule has 3 aliphatic rings. The average Bonchev–Trinajstić information content (AvgIpc) is 2.93. The largest absolute Gasteiger partial charge is 0.491 e. The van der Waals surface area contributed by atoms with E-state index in [2.05, 4.69) is 17.1 Å². The Morgan fingerprint density at radius 1 is 1.12 bits per heavy atom. The second-order valence-corrected chi connectivity index (χ2v) is 8.91. The van der Waals surface area contributed by atoms with Gasteiger partial charge in [0.05, 0.1) is 0 Å². The highest BCUT2D eigenvalue weighted by molar-refractivity contribution is 5.35. The molecule has 1 heterocycles. The van der Waals surface area contributed by atoms with Crippen LogP contribution in [0.4, 0.5) is 4.39 Å².